The summed E-state index contributed by atoms with van der Waals surface area (Å²) in [7, 11) is 0. The molecule has 0 N–H and O–H groups in total. The molecule has 0 radical (unpaired) electrons. The molecule has 0 heterocycles. The van der Waals surface area contributed by atoms with E-state index in [9.17, 15) is 0 Å². The Morgan fingerprint density at radius 2 is 2.00 bits per heavy atom. The normalized spacial score (nSPS) is 11.2. The Hall–Kier alpha value is -0.550. The molecule has 0 unspecified atom stereocenters. The number of nitrogens with zero attached hydrogens (tertiary/aromatic N) is 1. The first-order valence-electron chi connectivity index (χ1n) is 4.61. The van der Waals surface area contributed by atoms with Crippen LogP contribution in [-0.4, -0.2) is 13.2 Å². The van der Waals surface area contributed by atoms with E-state index in [1.807, 2.05) is 13.8 Å². The second kappa shape index (κ2) is 6.02. The van der Waals surface area contributed by atoms with Gasteiger partial charge in [0.05, 0.1) is 11.5 Å². The zero-order valence-electron chi connectivity index (χ0n) is 8.39. The molecule has 0 amide bonds. The third kappa shape index (κ3) is 6.18. The summed E-state index contributed by atoms with van der Waals surface area (Å²) in [6, 6.07) is 2.25. The summed E-state index contributed by atoms with van der Waals surface area (Å²) in [6.07, 6.45) is 3.11. The lowest BCUT2D eigenvalue weighted by Crippen LogP contribution is -2.12. The molecule has 0 aliphatic rings. The van der Waals surface area contributed by atoms with Gasteiger partial charge in [0.15, 0.2) is 0 Å². The molecular formula is C10H19NO. The summed E-state index contributed by atoms with van der Waals surface area (Å²) in [4.78, 5) is 0. The molecule has 0 spiro atoms. The van der Waals surface area contributed by atoms with Crippen LogP contribution >= 0.6 is 0 Å². The van der Waals surface area contributed by atoms with E-state index in [-0.39, 0.29) is 5.41 Å². The van der Waals surface area contributed by atoms with Crippen molar-refractivity contribution in [3.8, 4) is 6.07 Å². The van der Waals surface area contributed by atoms with Crippen molar-refractivity contribution < 1.29 is 4.74 Å². The summed E-state index contributed by atoms with van der Waals surface area (Å²) >= 11 is 0. The highest BCUT2D eigenvalue weighted by molar-refractivity contribution is 4.91. The fraction of sp³-hybridized carbons (Fsp3) is 0.900. The molecule has 0 bridgehead atoms. The second-order valence-corrected chi connectivity index (χ2v) is 3.71. The highest BCUT2D eigenvalue weighted by Gasteiger charge is 2.15. The van der Waals surface area contributed by atoms with E-state index in [2.05, 4.69) is 13.0 Å². The Morgan fingerprint density at radius 1 is 1.33 bits per heavy atom. The van der Waals surface area contributed by atoms with Gasteiger partial charge in [-0.1, -0.05) is 13.3 Å². The minimum Gasteiger partial charge on any atom is -0.381 e. The van der Waals surface area contributed by atoms with Crippen LogP contribution in [0.15, 0.2) is 0 Å². The molecule has 0 saturated heterocycles. The van der Waals surface area contributed by atoms with E-state index in [4.69, 9.17) is 10.00 Å². The molecule has 0 aromatic carbocycles. The molecule has 0 atom stereocenters. The third-order valence-electron chi connectivity index (χ3n) is 1.82. The molecule has 0 aliphatic carbocycles. The largest absolute Gasteiger partial charge is 0.381 e. The minimum atomic E-state index is -0.230. The van der Waals surface area contributed by atoms with Gasteiger partial charge in [0.2, 0.25) is 0 Å². The van der Waals surface area contributed by atoms with Gasteiger partial charge in [0.1, 0.15) is 0 Å². The van der Waals surface area contributed by atoms with Gasteiger partial charge in [0, 0.05) is 13.2 Å². The van der Waals surface area contributed by atoms with Gasteiger partial charge in [0.25, 0.3) is 0 Å². The molecule has 12 heavy (non-hydrogen) atoms. The van der Waals surface area contributed by atoms with Crippen LogP contribution in [-0.2, 0) is 4.74 Å². The van der Waals surface area contributed by atoms with Crippen molar-refractivity contribution in [3.05, 3.63) is 0 Å². The Bertz CT molecular complexity index is 146. The van der Waals surface area contributed by atoms with Crippen LogP contribution < -0.4 is 0 Å². The number of nitriles is 1. The van der Waals surface area contributed by atoms with Crippen molar-refractivity contribution in [2.45, 2.75) is 40.0 Å². The maximum Gasteiger partial charge on any atom is 0.0684 e. The topological polar surface area (TPSA) is 33.0 Å². The van der Waals surface area contributed by atoms with Crippen LogP contribution in [0.2, 0.25) is 0 Å². The van der Waals surface area contributed by atoms with Crippen LogP contribution in [0, 0.1) is 16.7 Å². The quantitative estimate of drug-likeness (QED) is 0.573. The first kappa shape index (κ1) is 11.4. The SMILES string of the molecule is CCCCOCCC(C)(C)C#N. The smallest absolute Gasteiger partial charge is 0.0684 e. The molecule has 0 aromatic heterocycles. The summed E-state index contributed by atoms with van der Waals surface area (Å²) in [6.45, 7) is 7.56. The fourth-order valence-corrected chi connectivity index (χ4v) is 0.732. The molecule has 0 rings (SSSR count). The molecule has 0 aromatic rings. The molecule has 0 fully saturated rings. The molecular weight excluding hydrogens is 150 g/mol. The number of hydrogen-bond acceptors (Lipinski definition) is 2. The van der Waals surface area contributed by atoms with Crippen molar-refractivity contribution in [2.75, 3.05) is 13.2 Å². The van der Waals surface area contributed by atoms with Crippen molar-refractivity contribution in [2.24, 2.45) is 5.41 Å². The number of hydrogen-bond donors (Lipinski definition) is 0. The summed E-state index contributed by atoms with van der Waals surface area (Å²) < 4.78 is 5.36. The predicted molar refractivity (Wildman–Crippen MR) is 49.7 cm³/mol. The summed E-state index contributed by atoms with van der Waals surface area (Å²) in [5.74, 6) is 0. The van der Waals surface area contributed by atoms with E-state index in [0.29, 0.717) is 6.61 Å². The monoisotopic (exact) mass is 169 g/mol. The molecule has 2 nitrogen and oxygen atoms in total. The van der Waals surface area contributed by atoms with Crippen LogP contribution in [0.4, 0.5) is 0 Å². The minimum absolute atomic E-state index is 0.230. The maximum atomic E-state index is 8.69. The predicted octanol–water partition coefficient (Wildman–Crippen LogP) is 2.74. The third-order valence-corrected chi connectivity index (χ3v) is 1.82. The van der Waals surface area contributed by atoms with Crippen molar-refractivity contribution in [3.63, 3.8) is 0 Å². The zero-order valence-corrected chi connectivity index (χ0v) is 8.39. The van der Waals surface area contributed by atoms with Gasteiger partial charge in [-0.15, -0.1) is 0 Å². The van der Waals surface area contributed by atoms with E-state index < -0.39 is 0 Å². The molecule has 0 aliphatic heterocycles. The Kier molecular flexibility index (Phi) is 5.74. The lowest BCUT2D eigenvalue weighted by molar-refractivity contribution is 0.112. The average Bonchev–Trinajstić information content (AvgIpc) is 2.04. The highest BCUT2D eigenvalue weighted by atomic mass is 16.5. The average molecular weight is 169 g/mol. The first-order valence-corrected chi connectivity index (χ1v) is 4.61. The van der Waals surface area contributed by atoms with Gasteiger partial charge in [-0.2, -0.15) is 5.26 Å². The van der Waals surface area contributed by atoms with Gasteiger partial charge in [-0.05, 0) is 26.7 Å². The van der Waals surface area contributed by atoms with Gasteiger partial charge in [-0.25, -0.2) is 0 Å². The van der Waals surface area contributed by atoms with E-state index in [1.165, 1.54) is 6.42 Å². The second-order valence-electron chi connectivity index (χ2n) is 3.71. The lowest BCUT2D eigenvalue weighted by atomic mass is 9.92. The molecule has 2 heteroatoms. The summed E-state index contributed by atoms with van der Waals surface area (Å²) in [5, 5.41) is 8.69. The maximum absolute atomic E-state index is 8.69. The van der Waals surface area contributed by atoms with E-state index in [1.54, 1.807) is 0 Å². The van der Waals surface area contributed by atoms with Crippen LogP contribution in [0.25, 0.3) is 0 Å². The van der Waals surface area contributed by atoms with E-state index in [0.717, 1.165) is 19.4 Å². The van der Waals surface area contributed by atoms with Crippen LogP contribution in [0.3, 0.4) is 0 Å². The van der Waals surface area contributed by atoms with Crippen LogP contribution in [0.1, 0.15) is 40.0 Å². The van der Waals surface area contributed by atoms with Gasteiger partial charge in [-0.3, -0.25) is 0 Å². The fourth-order valence-electron chi connectivity index (χ4n) is 0.732. The Balaban J connectivity index is 3.27. The van der Waals surface area contributed by atoms with Gasteiger partial charge < -0.3 is 4.74 Å². The van der Waals surface area contributed by atoms with E-state index >= 15 is 0 Å². The Labute approximate surface area is 75.5 Å². The van der Waals surface area contributed by atoms with Crippen molar-refractivity contribution in [1.82, 2.24) is 0 Å². The Morgan fingerprint density at radius 3 is 2.50 bits per heavy atom. The molecule has 70 valence electrons. The van der Waals surface area contributed by atoms with Crippen molar-refractivity contribution in [1.29, 1.82) is 5.26 Å². The lowest BCUT2D eigenvalue weighted by Gasteiger charge is -2.14. The summed E-state index contributed by atoms with van der Waals surface area (Å²) in [5.41, 5.74) is -0.230. The van der Waals surface area contributed by atoms with Gasteiger partial charge >= 0.3 is 0 Å². The number of unbranched alkanes of at least 4 members (excludes halogenated alkanes) is 1. The molecule has 0 saturated carbocycles. The van der Waals surface area contributed by atoms with Crippen molar-refractivity contribution >= 4 is 0 Å². The highest BCUT2D eigenvalue weighted by Crippen LogP contribution is 2.17. The standard InChI is InChI=1S/C10H19NO/c1-4-5-7-12-8-6-10(2,3)9-11/h4-8H2,1-3H3. The number of ether oxygens (including phenoxy) is 1. The first-order chi connectivity index (χ1) is 5.62. The van der Waals surface area contributed by atoms with Crippen LogP contribution in [0.5, 0.6) is 0 Å². The number of rotatable bonds is 6. The zero-order chi connectivity index (χ0) is 9.45.